The number of hydrogen-bond donors (Lipinski definition) is 1. The maximum absolute atomic E-state index is 12.4. The fourth-order valence-corrected chi connectivity index (χ4v) is 3.94. The first kappa shape index (κ1) is 17.0. The Hall–Kier alpha value is -0.850. The standard InChI is InChI=1S/C17H31N3O3/c1-19(2)14-7-6-10-20(12-14)16(21)18-11-15-13-22-17(23-15)8-4-3-5-9-17/h14-15H,3-13H2,1-2H3,(H,18,21)/t14-,15+/m0/s1. The van der Waals surface area contributed by atoms with Crippen LogP contribution in [0.5, 0.6) is 0 Å². The quantitative estimate of drug-likeness (QED) is 0.860. The minimum absolute atomic E-state index is 0.00788. The number of carbonyl (C=O) groups is 1. The van der Waals surface area contributed by atoms with Gasteiger partial charge >= 0.3 is 6.03 Å². The van der Waals surface area contributed by atoms with Crippen molar-refractivity contribution in [1.29, 1.82) is 0 Å². The van der Waals surface area contributed by atoms with Gasteiger partial charge in [-0.25, -0.2) is 4.79 Å². The molecular weight excluding hydrogens is 294 g/mol. The van der Waals surface area contributed by atoms with Crippen molar-refractivity contribution in [3.05, 3.63) is 0 Å². The van der Waals surface area contributed by atoms with Crippen LogP contribution in [0.2, 0.25) is 0 Å². The number of nitrogens with zero attached hydrogens (tertiary/aromatic N) is 2. The van der Waals surface area contributed by atoms with Crippen molar-refractivity contribution in [2.45, 2.75) is 62.9 Å². The molecule has 2 aliphatic heterocycles. The normalized spacial score (nSPS) is 30.8. The van der Waals surface area contributed by atoms with Crippen molar-refractivity contribution in [3.8, 4) is 0 Å². The number of nitrogens with one attached hydrogen (secondary N) is 1. The van der Waals surface area contributed by atoms with Crippen molar-refractivity contribution in [2.24, 2.45) is 0 Å². The van der Waals surface area contributed by atoms with E-state index in [4.69, 9.17) is 9.47 Å². The molecule has 132 valence electrons. The van der Waals surface area contributed by atoms with Gasteiger partial charge in [0.25, 0.3) is 0 Å². The van der Waals surface area contributed by atoms with E-state index < -0.39 is 0 Å². The number of piperidine rings is 1. The molecule has 0 unspecified atom stereocenters. The van der Waals surface area contributed by atoms with Crippen LogP contribution in [0.4, 0.5) is 4.79 Å². The molecule has 0 aromatic carbocycles. The van der Waals surface area contributed by atoms with Gasteiger partial charge in [-0.1, -0.05) is 6.42 Å². The summed E-state index contributed by atoms with van der Waals surface area (Å²) >= 11 is 0. The van der Waals surface area contributed by atoms with Gasteiger partial charge in [-0.3, -0.25) is 0 Å². The third-order valence-corrected chi connectivity index (χ3v) is 5.42. The molecule has 23 heavy (non-hydrogen) atoms. The number of urea groups is 1. The summed E-state index contributed by atoms with van der Waals surface area (Å²) < 4.78 is 12.0. The van der Waals surface area contributed by atoms with E-state index in [1.165, 1.54) is 25.7 Å². The molecule has 1 spiro atoms. The zero-order chi connectivity index (χ0) is 16.3. The summed E-state index contributed by atoms with van der Waals surface area (Å²) in [6.45, 7) is 2.80. The van der Waals surface area contributed by atoms with Crippen molar-refractivity contribution < 1.29 is 14.3 Å². The summed E-state index contributed by atoms with van der Waals surface area (Å²) in [5.74, 6) is -0.352. The Kier molecular flexibility index (Phi) is 5.44. The van der Waals surface area contributed by atoms with E-state index in [2.05, 4.69) is 24.3 Å². The average Bonchev–Trinajstić information content (AvgIpc) is 2.96. The van der Waals surface area contributed by atoms with Crippen LogP contribution in [-0.4, -0.2) is 74.1 Å². The summed E-state index contributed by atoms with van der Waals surface area (Å²) in [5.41, 5.74) is 0. The Balaban J connectivity index is 1.42. The number of rotatable bonds is 3. The SMILES string of the molecule is CN(C)[C@H]1CCCN(C(=O)NC[C@@H]2COC3(CCCCC3)O2)C1. The first-order valence-corrected chi connectivity index (χ1v) is 9.09. The van der Waals surface area contributed by atoms with E-state index in [1.807, 2.05) is 4.90 Å². The van der Waals surface area contributed by atoms with Gasteiger partial charge in [0.1, 0.15) is 6.10 Å². The molecule has 2 saturated heterocycles. The second kappa shape index (κ2) is 7.36. The molecule has 1 N–H and O–H groups in total. The van der Waals surface area contributed by atoms with Crippen molar-refractivity contribution in [2.75, 3.05) is 40.3 Å². The highest BCUT2D eigenvalue weighted by atomic mass is 16.7. The van der Waals surface area contributed by atoms with E-state index in [1.54, 1.807) is 0 Å². The zero-order valence-corrected chi connectivity index (χ0v) is 14.6. The third-order valence-electron chi connectivity index (χ3n) is 5.42. The predicted molar refractivity (Wildman–Crippen MR) is 88.3 cm³/mol. The summed E-state index contributed by atoms with van der Waals surface area (Å²) in [6, 6.07) is 0.496. The van der Waals surface area contributed by atoms with E-state index >= 15 is 0 Å². The van der Waals surface area contributed by atoms with E-state index in [0.29, 0.717) is 19.2 Å². The number of ether oxygens (including phenoxy) is 2. The molecule has 1 aliphatic carbocycles. The summed E-state index contributed by atoms with van der Waals surface area (Å²) in [4.78, 5) is 16.5. The van der Waals surface area contributed by atoms with Crippen LogP contribution < -0.4 is 5.32 Å². The maximum atomic E-state index is 12.4. The van der Waals surface area contributed by atoms with E-state index in [-0.39, 0.29) is 17.9 Å². The molecule has 2 atom stereocenters. The molecule has 3 fully saturated rings. The topological polar surface area (TPSA) is 54.0 Å². The second-order valence-corrected chi connectivity index (χ2v) is 7.41. The molecule has 0 aromatic heterocycles. The smallest absolute Gasteiger partial charge is 0.317 e. The fraction of sp³-hybridized carbons (Fsp3) is 0.941. The van der Waals surface area contributed by atoms with E-state index in [0.717, 1.165) is 32.4 Å². The van der Waals surface area contributed by atoms with Crippen LogP contribution in [0.15, 0.2) is 0 Å². The molecular formula is C17H31N3O3. The molecule has 3 aliphatic rings. The third kappa shape index (κ3) is 4.17. The van der Waals surface area contributed by atoms with Gasteiger partial charge < -0.3 is 24.6 Å². The molecule has 1 saturated carbocycles. The average molecular weight is 325 g/mol. The van der Waals surface area contributed by atoms with Gasteiger partial charge in [-0.15, -0.1) is 0 Å². The number of carbonyl (C=O) groups excluding carboxylic acids is 1. The van der Waals surface area contributed by atoms with Crippen molar-refractivity contribution in [3.63, 3.8) is 0 Å². The molecule has 0 radical (unpaired) electrons. The van der Waals surface area contributed by atoms with Gasteiger partial charge in [0.2, 0.25) is 0 Å². The van der Waals surface area contributed by atoms with Gasteiger partial charge in [-0.2, -0.15) is 0 Å². The highest BCUT2D eigenvalue weighted by molar-refractivity contribution is 5.74. The van der Waals surface area contributed by atoms with Gasteiger partial charge in [0.15, 0.2) is 5.79 Å². The lowest BCUT2D eigenvalue weighted by molar-refractivity contribution is -0.186. The zero-order valence-electron chi connectivity index (χ0n) is 14.6. The maximum Gasteiger partial charge on any atom is 0.317 e. The lowest BCUT2D eigenvalue weighted by Crippen LogP contribution is -2.51. The molecule has 6 nitrogen and oxygen atoms in total. The summed E-state index contributed by atoms with van der Waals surface area (Å²) in [7, 11) is 4.17. The molecule has 2 amide bonds. The number of amides is 2. The Morgan fingerprint density at radius 2 is 2.04 bits per heavy atom. The Morgan fingerprint density at radius 3 is 2.78 bits per heavy atom. The van der Waals surface area contributed by atoms with Crippen LogP contribution in [0.3, 0.4) is 0 Å². The second-order valence-electron chi connectivity index (χ2n) is 7.41. The Bertz CT molecular complexity index is 410. The highest BCUT2D eigenvalue weighted by Crippen LogP contribution is 2.37. The van der Waals surface area contributed by atoms with Crippen LogP contribution in [0, 0.1) is 0 Å². The fourth-order valence-electron chi connectivity index (χ4n) is 3.94. The summed E-state index contributed by atoms with van der Waals surface area (Å²) in [6.07, 6.45) is 7.85. The highest BCUT2D eigenvalue weighted by Gasteiger charge is 2.42. The first-order valence-electron chi connectivity index (χ1n) is 9.09. The number of likely N-dealkylation sites (tertiary alicyclic amines) is 1. The van der Waals surface area contributed by atoms with E-state index in [9.17, 15) is 4.79 Å². The largest absolute Gasteiger partial charge is 0.347 e. The number of hydrogen-bond acceptors (Lipinski definition) is 4. The molecule has 3 rings (SSSR count). The van der Waals surface area contributed by atoms with Gasteiger partial charge in [0, 0.05) is 38.5 Å². The molecule has 0 aromatic rings. The minimum atomic E-state index is -0.352. The van der Waals surface area contributed by atoms with Crippen molar-refractivity contribution in [1.82, 2.24) is 15.1 Å². The molecule has 0 bridgehead atoms. The molecule has 2 heterocycles. The van der Waals surface area contributed by atoms with Crippen molar-refractivity contribution >= 4 is 6.03 Å². The Labute approximate surface area is 139 Å². The van der Waals surface area contributed by atoms with Crippen LogP contribution in [-0.2, 0) is 9.47 Å². The predicted octanol–water partition coefficient (Wildman–Crippen LogP) is 1.80. The Morgan fingerprint density at radius 1 is 1.26 bits per heavy atom. The lowest BCUT2D eigenvalue weighted by atomic mass is 9.94. The van der Waals surface area contributed by atoms with Crippen LogP contribution >= 0.6 is 0 Å². The summed E-state index contributed by atoms with van der Waals surface area (Å²) in [5, 5.41) is 3.04. The minimum Gasteiger partial charge on any atom is -0.347 e. The number of likely N-dealkylation sites (N-methyl/N-ethyl adjacent to an activating group) is 1. The molecule has 6 heteroatoms. The van der Waals surface area contributed by atoms with Gasteiger partial charge in [-0.05, 0) is 39.8 Å². The first-order chi connectivity index (χ1) is 11.1. The van der Waals surface area contributed by atoms with Crippen LogP contribution in [0.25, 0.3) is 0 Å². The van der Waals surface area contributed by atoms with Gasteiger partial charge in [0.05, 0.1) is 6.61 Å². The monoisotopic (exact) mass is 325 g/mol. The van der Waals surface area contributed by atoms with Crippen LogP contribution in [0.1, 0.15) is 44.9 Å². The lowest BCUT2D eigenvalue weighted by Gasteiger charge is -2.36.